The van der Waals surface area contributed by atoms with Crippen LogP contribution in [0.15, 0.2) is 206 Å². The first kappa shape index (κ1) is 34.8. The van der Waals surface area contributed by atoms with E-state index in [0.29, 0.717) is 5.82 Å². The van der Waals surface area contributed by atoms with Crippen molar-refractivity contribution in [2.45, 2.75) is 0 Å². The third kappa shape index (κ3) is 5.68. The molecule has 9 aromatic carbocycles. The van der Waals surface area contributed by atoms with Crippen molar-refractivity contribution in [3.8, 4) is 67.3 Å². The summed E-state index contributed by atoms with van der Waals surface area (Å²) in [6.45, 7) is 0. The van der Waals surface area contributed by atoms with Crippen molar-refractivity contribution in [1.82, 2.24) is 9.97 Å². The Morgan fingerprint density at radius 2 is 0.767 bits per heavy atom. The Balaban J connectivity index is 1.23. The number of rotatable bonds is 6. The van der Waals surface area contributed by atoms with Gasteiger partial charge < -0.3 is 0 Å². The Bertz CT molecular complexity index is 3460. The van der Waals surface area contributed by atoms with E-state index in [2.05, 4.69) is 206 Å². The van der Waals surface area contributed by atoms with Gasteiger partial charge in [0.1, 0.15) is 0 Å². The van der Waals surface area contributed by atoms with Crippen molar-refractivity contribution in [3.05, 3.63) is 206 Å². The van der Waals surface area contributed by atoms with E-state index >= 15 is 0 Å². The summed E-state index contributed by atoms with van der Waals surface area (Å²) in [5.41, 5.74) is 11.8. The summed E-state index contributed by atoms with van der Waals surface area (Å²) in [7, 11) is 0. The van der Waals surface area contributed by atoms with E-state index < -0.39 is 0 Å². The van der Waals surface area contributed by atoms with Gasteiger partial charge in [-0.25, -0.2) is 9.97 Å². The summed E-state index contributed by atoms with van der Waals surface area (Å²) in [6, 6.07) is 74.4. The topological polar surface area (TPSA) is 25.8 Å². The molecular weight excluding hydrogens is 765 g/mol. The van der Waals surface area contributed by atoms with Gasteiger partial charge >= 0.3 is 0 Å². The summed E-state index contributed by atoms with van der Waals surface area (Å²) >= 11 is 3.67. The normalized spacial score (nSPS) is 11.7. The summed E-state index contributed by atoms with van der Waals surface area (Å²) < 4.78 is 4.99. The first-order valence-electron chi connectivity index (χ1n) is 20.2. The molecule has 60 heavy (non-hydrogen) atoms. The molecule has 3 aromatic heterocycles. The van der Waals surface area contributed by atoms with E-state index in [1.54, 1.807) is 0 Å². The number of aromatic nitrogens is 2. The van der Waals surface area contributed by atoms with Crippen LogP contribution < -0.4 is 0 Å². The Labute approximate surface area is 355 Å². The van der Waals surface area contributed by atoms with E-state index in [9.17, 15) is 0 Å². The van der Waals surface area contributed by atoms with Crippen molar-refractivity contribution in [3.63, 3.8) is 0 Å². The molecule has 0 radical (unpaired) electrons. The summed E-state index contributed by atoms with van der Waals surface area (Å²) in [6.07, 6.45) is 0. The maximum atomic E-state index is 5.71. The molecule has 3 heterocycles. The van der Waals surface area contributed by atoms with Crippen molar-refractivity contribution in [2.75, 3.05) is 0 Å². The number of hydrogen-bond acceptors (Lipinski definition) is 4. The Morgan fingerprint density at radius 3 is 1.40 bits per heavy atom. The largest absolute Gasteiger partial charge is 0.228 e. The lowest BCUT2D eigenvalue weighted by Gasteiger charge is -2.21. The fraction of sp³-hybridized carbons (Fsp3) is 0. The zero-order valence-corrected chi connectivity index (χ0v) is 34.0. The molecule has 280 valence electrons. The molecular formula is C56H34N2S2. The molecule has 0 N–H and O–H groups in total. The van der Waals surface area contributed by atoms with Crippen molar-refractivity contribution in [1.29, 1.82) is 0 Å². The average molecular weight is 799 g/mol. The highest BCUT2D eigenvalue weighted by atomic mass is 32.1. The van der Waals surface area contributed by atoms with Gasteiger partial charge in [-0.1, -0.05) is 188 Å². The van der Waals surface area contributed by atoms with Crippen LogP contribution in [-0.4, -0.2) is 9.97 Å². The standard InChI is InChI=1S/C56H34N2S2/c1-3-16-36(17-4-1)39-32-33-43(40-25-13-21-35-18-7-8-22-38(35)40)52(37-19-5-2-6-20-37)53(39)56-57-48(46-28-14-26-44-41-23-9-11-30-50(41)59-54(44)46)34-49(58-56)47-29-15-27-45-42-24-10-12-31-51(42)60-55(45)47/h1-34H. The Morgan fingerprint density at radius 1 is 0.300 bits per heavy atom. The fourth-order valence-corrected chi connectivity index (χ4v) is 11.5. The van der Waals surface area contributed by atoms with Crippen LogP contribution in [0.2, 0.25) is 0 Å². The highest BCUT2D eigenvalue weighted by Gasteiger charge is 2.25. The van der Waals surface area contributed by atoms with Gasteiger partial charge in [-0.05, 0) is 56.8 Å². The molecule has 0 atom stereocenters. The van der Waals surface area contributed by atoms with Crippen LogP contribution in [-0.2, 0) is 0 Å². The number of hydrogen-bond donors (Lipinski definition) is 0. The maximum Gasteiger partial charge on any atom is 0.161 e. The van der Waals surface area contributed by atoms with Crippen LogP contribution in [0, 0.1) is 0 Å². The first-order valence-corrected chi connectivity index (χ1v) is 21.9. The molecule has 0 amide bonds. The van der Waals surface area contributed by atoms with Gasteiger partial charge in [-0.15, -0.1) is 22.7 Å². The summed E-state index contributed by atoms with van der Waals surface area (Å²) in [4.78, 5) is 11.4. The molecule has 0 saturated heterocycles. The lowest BCUT2D eigenvalue weighted by molar-refractivity contribution is 1.19. The van der Waals surface area contributed by atoms with Gasteiger partial charge in [0.25, 0.3) is 0 Å². The minimum Gasteiger partial charge on any atom is -0.228 e. The number of fused-ring (bicyclic) bond motifs is 7. The van der Waals surface area contributed by atoms with Gasteiger partial charge in [-0.3, -0.25) is 0 Å². The van der Waals surface area contributed by atoms with Crippen LogP contribution >= 0.6 is 22.7 Å². The van der Waals surface area contributed by atoms with Crippen molar-refractivity contribution >= 4 is 73.8 Å². The fourth-order valence-electron chi connectivity index (χ4n) is 9.02. The van der Waals surface area contributed by atoms with Crippen LogP contribution in [0.25, 0.3) is 118 Å². The molecule has 0 aliphatic rings. The van der Waals surface area contributed by atoms with Crippen LogP contribution in [0.4, 0.5) is 0 Å². The SMILES string of the molecule is c1ccc(-c2ccc(-c3cccc4ccccc34)c(-c3ccccc3)c2-c2nc(-c3cccc4c3sc3ccccc34)cc(-c3cccc4c3sc3ccccc34)n2)cc1. The smallest absolute Gasteiger partial charge is 0.161 e. The lowest BCUT2D eigenvalue weighted by Crippen LogP contribution is -2.01. The molecule has 0 saturated carbocycles. The van der Waals surface area contributed by atoms with Gasteiger partial charge in [0.05, 0.1) is 11.4 Å². The zero-order chi connectivity index (χ0) is 39.6. The average Bonchev–Trinajstić information content (AvgIpc) is 3.90. The van der Waals surface area contributed by atoms with E-state index in [4.69, 9.17) is 9.97 Å². The molecule has 12 rings (SSSR count). The van der Waals surface area contributed by atoms with Crippen LogP contribution in [0.1, 0.15) is 0 Å². The van der Waals surface area contributed by atoms with Gasteiger partial charge in [0.2, 0.25) is 0 Å². The number of nitrogens with zero attached hydrogens (tertiary/aromatic N) is 2. The van der Waals surface area contributed by atoms with Crippen LogP contribution in [0.3, 0.4) is 0 Å². The van der Waals surface area contributed by atoms with Gasteiger partial charge in [0.15, 0.2) is 5.82 Å². The van der Waals surface area contributed by atoms with Gasteiger partial charge in [-0.2, -0.15) is 0 Å². The highest BCUT2D eigenvalue weighted by Crippen LogP contribution is 2.48. The highest BCUT2D eigenvalue weighted by molar-refractivity contribution is 7.26. The van der Waals surface area contributed by atoms with E-state index in [1.807, 2.05) is 22.7 Å². The van der Waals surface area contributed by atoms with E-state index in [-0.39, 0.29) is 0 Å². The predicted molar refractivity (Wildman–Crippen MR) is 258 cm³/mol. The predicted octanol–water partition coefficient (Wildman–Crippen LogP) is 16.4. The maximum absolute atomic E-state index is 5.71. The van der Waals surface area contributed by atoms with Crippen LogP contribution in [0.5, 0.6) is 0 Å². The zero-order valence-electron chi connectivity index (χ0n) is 32.3. The molecule has 0 bridgehead atoms. The third-order valence-corrected chi connectivity index (χ3v) is 14.2. The van der Waals surface area contributed by atoms with Crippen molar-refractivity contribution < 1.29 is 0 Å². The molecule has 0 aliphatic carbocycles. The van der Waals surface area contributed by atoms with Crippen molar-refractivity contribution in [2.24, 2.45) is 0 Å². The van der Waals surface area contributed by atoms with E-state index in [1.165, 1.54) is 56.7 Å². The molecule has 4 heteroatoms. The second-order valence-electron chi connectivity index (χ2n) is 15.2. The molecule has 0 spiro atoms. The minimum atomic E-state index is 0.693. The molecule has 12 aromatic rings. The second-order valence-corrected chi connectivity index (χ2v) is 17.3. The quantitative estimate of drug-likeness (QED) is 0.167. The third-order valence-electron chi connectivity index (χ3n) is 11.7. The number of benzene rings is 9. The molecule has 0 aliphatic heterocycles. The monoisotopic (exact) mass is 798 g/mol. The summed E-state index contributed by atoms with van der Waals surface area (Å²) in [5, 5.41) is 7.44. The van der Waals surface area contributed by atoms with Gasteiger partial charge in [0, 0.05) is 62.6 Å². The number of thiophene rings is 2. The minimum absolute atomic E-state index is 0.693. The Hall–Kier alpha value is -7.24. The molecule has 0 unspecified atom stereocenters. The molecule has 2 nitrogen and oxygen atoms in total. The lowest BCUT2D eigenvalue weighted by atomic mass is 9.84. The first-order chi connectivity index (χ1) is 29.8. The Kier molecular flexibility index (Phi) is 8.25. The van der Waals surface area contributed by atoms with E-state index in [0.717, 1.165) is 55.9 Å². The summed E-state index contributed by atoms with van der Waals surface area (Å²) in [5.74, 6) is 0.693. The second kappa shape index (κ2) is 14.2. The molecule has 0 fully saturated rings.